The first-order chi connectivity index (χ1) is 5.15. The van der Waals surface area contributed by atoms with Gasteiger partial charge in [-0.3, -0.25) is 0 Å². The van der Waals surface area contributed by atoms with Crippen molar-refractivity contribution in [3.8, 4) is 0 Å². The highest BCUT2D eigenvalue weighted by Gasteiger charge is 2.16. The van der Waals surface area contributed by atoms with E-state index >= 15 is 0 Å². The first-order valence-electron chi connectivity index (χ1n) is 2.84. The SMILES string of the molecule is COC(=O)c1oc(=O)oc1C. The van der Waals surface area contributed by atoms with Crippen LogP contribution in [0, 0.1) is 6.92 Å². The van der Waals surface area contributed by atoms with E-state index in [-0.39, 0.29) is 11.5 Å². The second-order valence-corrected chi connectivity index (χ2v) is 1.83. The van der Waals surface area contributed by atoms with Crippen LogP contribution in [0.5, 0.6) is 0 Å². The van der Waals surface area contributed by atoms with E-state index in [1.807, 2.05) is 0 Å². The molecule has 60 valence electrons. The molecule has 0 saturated heterocycles. The Bertz CT molecular complexity index is 318. The number of hydrogen-bond acceptors (Lipinski definition) is 5. The Morgan fingerprint density at radius 3 is 2.45 bits per heavy atom. The lowest BCUT2D eigenvalue weighted by molar-refractivity contribution is 0.0561. The van der Waals surface area contributed by atoms with Gasteiger partial charge >= 0.3 is 11.8 Å². The van der Waals surface area contributed by atoms with Crippen LogP contribution >= 0.6 is 0 Å². The van der Waals surface area contributed by atoms with Gasteiger partial charge in [-0.25, -0.2) is 9.59 Å². The first kappa shape index (κ1) is 7.59. The summed E-state index contributed by atoms with van der Waals surface area (Å²) in [6.45, 7) is 1.44. The number of ether oxygens (including phenoxy) is 1. The number of methoxy groups -OCH3 is 1. The van der Waals surface area contributed by atoms with Crippen molar-refractivity contribution in [2.75, 3.05) is 7.11 Å². The highest BCUT2D eigenvalue weighted by Crippen LogP contribution is 2.05. The maximum absolute atomic E-state index is 10.7. The van der Waals surface area contributed by atoms with E-state index in [4.69, 9.17) is 0 Å². The summed E-state index contributed by atoms with van der Waals surface area (Å²) in [6.07, 6.45) is 0. The van der Waals surface area contributed by atoms with Gasteiger partial charge in [0.2, 0.25) is 0 Å². The summed E-state index contributed by atoms with van der Waals surface area (Å²) in [7, 11) is 1.19. The van der Waals surface area contributed by atoms with Gasteiger partial charge in [0, 0.05) is 0 Å². The van der Waals surface area contributed by atoms with Crippen LogP contribution in [0.25, 0.3) is 0 Å². The minimum Gasteiger partial charge on any atom is -0.463 e. The Morgan fingerprint density at radius 2 is 2.09 bits per heavy atom. The van der Waals surface area contributed by atoms with Crippen LogP contribution in [-0.4, -0.2) is 13.1 Å². The molecule has 5 nitrogen and oxygen atoms in total. The molecule has 0 atom stereocenters. The number of rotatable bonds is 1. The molecular weight excluding hydrogens is 152 g/mol. The number of carbonyl (C=O) groups is 1. The molecule has 1 rings (SSSR count). The van der Waals surface area contributed by atoms with E-state index in [9.17, 15) is 9.59 Å². The second kappa shape index (κ2) is 2.61. The van der Waals surface area contributed by atoms with Crippen molar-refractivity contribution in [2.24, 2.45) is 0 Å². The Hall–Kier alpha value is -1.52. The Kier molecular flexibility index (Phi) is 1.80. The zero-order chi connectivity index (χ0) is 8.43. The molecular formula is C6H6O5. The predicted molar refractivity (Wildman–Crippen MR) is 33.3 cm³/mol. The fraction of sp³-hybridized carbons (Fsp3) is 0.333. The summed E-state index contributed by atoms with van der Waals surface area (Å²) in [5.41, 5.74) is 0. The topological polar surface area (TPSA) is 69.7 Å². The van der Waals surface area contributed by atoms with Gasteiger partial charge in [0.1, 0.15) is 0 Å². The molecule has 11 heavy (non-hydrogen) atoms. The summed E-state index contributed by atoms with van der Waals surface area (Å²) >= 11 is 0. The van der Waals surface area contributed by atoms with E-state index in [0.717, 1.165) is 0 Å². The zero-order valence-electron chi connectivity index (χ0n) is 6.04. The number of aryl methyl sites for hydroxylation is 1. The van der Waals surface area contributed by atoms with Crippen molar-refractivity contribution >= 4 is 5.97 Å². The third kappa shape index (κ3) is 1.31. The van der Waals surface area contributed by atoms with Crippen molar-refractivity contribution in [1.82, 2.24) is 0 Å². The molecule has 0 radical (unpaired) electrons. The quantitative estimate of drug-likeness (QED) is 0.550. The van der Waals surface area contributed by atoms with Gasteiger partial charge in [0.15, 0.2) is 5.76 Å². The molecule has 0 aliphatic rings. The lowest BCUT2D eigenvalue weighted by Gasteiger charge is -1.90. The van der Waals surface area contributed by atoms with Crippen LogP contribution in [0.1, 0.15) is 16.3 Å². The van der Waals surface area contributed by atoms with E-state index in [1.165, 1.54) is 14.0 Å². The van der Waals surface area contributed by atoms with Gasteiger partial charge in [-0.05, 0) is 6.92 Å². The molecule has 0 aliphatic carbocycles. The summed E-state index contributed by atoms with van der Waals surface area (Å²) in [5, 5.41) is 0. The smallest absolute Gasteiger partial charge is 0.463 e. The van der Waals surface area contributed by atoms with E-state index in [0.29, 0.717) is 0 Å². The Balaban J connectivity index is 3.13. The monoisotopic (exact) mass is 158 g/mol. The average Bonchev–Trinajstić information content (AvgIpc) is 2.28. The van der Waals surface area contributed by atoms with E-state index < -0.39 is 11.8 Å². The molecule has 0 N–H and O–H groups in total. The van der Waals surface area contributed by atoms with Gasteiger partial charge in [-0.15, -0.1) is 0 Å². The maximum Gasteiger partial charge on any atom is 0.519 e. The van der Waals surface area contributed by atoms with Crippen LogP contribution in [0.2, 0.25) is 0 Å². The minimum atomic E-state index is -0.900. The first-order valence-corrected chi connectivity index (χ1v) is 2.84. The van der Waals surface area contributed by atoms with Crippen LogP contribution in [0.4, 0.5) is 0 Å². The van der Waals surface area contributed by atoms with Crippen LogP contribution in [0.3, 0.4) is 0 Å². The van der Waals surface area contributed by atoms with E-state index in [1.54, 1.807) is 0 Å². The molecule has 0 aliphatic heterocycles. The van der Waals surface area contributed by atoms with Crippen LogP contribution < -0.4 is 5.82 Å². The third-order valence-corrected chi connectivity index (χ3v) is 1.11. The van der Waals surface area contributed by atoms with Crippen molar-refractivity contribution in [2.45, 2.75) is 6.92 Å². The van der Waals surface area contributed by atoms with Crippen molar-refractivity contribution < 1.29 is 18.4 Å². The molecule has 0 amide bonds. The highest BCUT2D eigenvalue weighted by atomic mass is 16.6. The molecule has 1 aromatic heterocycles. The number of esters is 1. The van der Waals surface area contributed by atoms with Gasteiger partial charge in [0.05, 0.1) is 7.11 Å². The fourth-order valence-corrected chi connectivity index (χ4v) is 0.625. The van der Waals surface area contributed by atoms with Crippen molar-refractivity contribution in [1.29, 1.82) is 0 Å². The molecule has 5 heteroatoms. The molecule has 0 bridgehead atoms. The predicted octanol–water partition coefficient (Wildman–Crippen LogP) is 0.328. The number of hydrogen-bond donors (Lipinski definition) is 0. The van der Waals surface area contributed by atoms with Gasteiger partial charge in [-0.1, -0.05) is 0 Å². The molecule has 0 saturated carbocycles. The Morgan fingerprint density at radius 1 is 1.45 bits per heavy atom. The molecule has 0 fully saturated rings. The lowest BCUT2D eigenvalue weighted by atomic mass is 10.4. The van der Waals surface area contributed by atoms with Crippen LogP contribution in [0.15, 0.2) is 13.6 Å². The highest BCUT2D eigenvalue weighted by molar-refractivity contribution is 5.86. The summed E-state index contributed by atoms with van der Waals surface area (Å²) in [6, 6.07) is 0. The van der Waals surface area contributed by atoms with Gasteiger partial charge in [-0.2, -0.15) is 0 Å². The maximum atomic E-state index is 10.7. The van der Waals surface area contributed by atoms with Crippen molar-refractivity contribution in [3.05, 3.63) is 22.1 Å². The average molecular weight is 158 g/mol. The molecule has 1 aromatic rings. The Labute approximate surface area is 61.6 Å². The molecule has 0 aromatic carbocycles. The molecule has 1 heterocycles. The minimum absolute atomic E-state index is 0.127. The lowest BCUT2D eigenvalue weighted by Crippen LogP contribution is -2.01. The molecule has 0 unspecified atom stereocenters. The standard InChI is InChI=1S/C6H6O5/c1-3-4(5(7)9-2)11-6(8)10-3/h1-2H3. The summed E-state index contributed by atoms with van der Waals surface area (Å²) in [5.74, 6) is -1.67. The second-order valence-electron chi connectivity index (χ2n) is 1.83. The van der Waals surface area contributed by atoms with Gasteiger partial charge < -0.3 is 13.6 Å². The molecule has 0 spiro atoms. The summed E-state index contributed by atoms with van der Waals surface area (Å²) in [4.78, 5) is 21.1. The largest absolute Gasteiger partial charge is 0.519 e. The fourth-order valence-electron chi connectivity index (χ4n) is 0.625. The van der Waals surface area contributed by atoms with Crippen LogP contribution in [-0.2, 0) is 4.74 Å². The van der Waals surface area contributed by atoms with Crippen molar-refractivity contribution in [3.63, 3.8) is 0 Å². The van der Waals surface area contributed by atoms with Gasteiger partial charge in [0.25, 0.3) is 5.76 Å². The van der Waals surface area contributed by atoms with E-state index in [2.05, 4.69) is 13.6 Å². The number of carbonyl (C=O) groups excluding carboxylic acids is 1. The zero-order valence-corrected chi connectivity index (χ0v) is 6.04. The third-order valence-electron chi connectivity index (χ3n) is 1.11. The normalized spacial score (nSPS) is 9.64. The summed E-state index contributed by atoms with van der Waals surface area (Å²) < 4.78 is 13.1.